The number of nitrogens with zero attached hydrogens (tertiary/aromatic N) is 5. The van der Waals surface area contributed by atoms with Gasteiger partial charge in [-0.15, -0.1) is 0 Å². The number of carbonyl (C=O) groups excluding carboxylic acids is 1. The summed E-state index contributed by atoms with van der Waals surface area (Å²) in [6.45, 7) is 6.63. The van der Waals surface area contributed by atoms with E-state index in [1.54, 1.807) is 11.6 Å². The summed E-state index contributed by atoms with van der Waals surface area (Å²) in [5.74, 6) is 1.42. The van der Waals surface area contributed by atoms with Crippen molar-refractivity contribution in [2.75, 3.05) is 6.54 Å². The van der Waals surface area contributed by atoms with E-state index in [-0.39, 0.29) is 17.9 Å². The third kappa shape index (κ3) is 3.20. The van der Waals surface area contributed by atoms with Crippen LogP contribution in [0.15, 0.2) is 10.6 Å². The lowest BCUT2D eigenvalue weighted by Crippen LogP contribution is -2.36. The van der Waals surface area contributed by atoms with Gasteiger partial charge in [-0.3, -0.25) is 9.48 Å². The molecule has 1 saturated heterocycles. The number of carbonyl (C=O) groups is 1. The van der Waals surface area contributed by atoms with Gasteiger partial charge in [0.1, 0.15) is 5.69 Å². The molecule has 0 spiro atoms. The van der Waals surface area contributed by atoms with E-state index in [9.17, 15) is 4.79 Å². The summed E-state index contributed by atoms with van der Waals surface area (Å²) in [7, 11) is 1.82. The molecule has 1 aliphatic rings. The van der Waals surface area contributed by atoms with Gasteiger partial charge in [0.25, 0.3) is 5.91 Å². The highest BCUT2D eigenvalue weighted by Crippen LogP contribution is 2.30. The van der Waals surface area contributed by atoms with E-state index in [1.807, 2.05) is 18.0 Å². The Balaban J connectivity index is 1.92. The fourth-order valence-corrected chi connectivity index (χ4v) is 3.19. The van der Waals surface area contributed by atoms with Crippen LogP contribution < -0.4 is 0 Å². The Labute approximate surface area is 142 Å². The average Bonchev–Trinajstić information content (AvgIpc) is 3.05. The molecule has 1 aliphatic heterocycles. The van der Waals surface area contributed by atoms with Crippen molar-refractivity contribution in [2.45, 2.75) is 58.4 Å². The molecule has 0 saturated carbocycles. The van der Waals surface area contributed by atoms with E-state index in [0.29, 0.717) is 24.0 Å². The molecule has 7 heteroatoms. The molecule has 0 N–H and O–H groups in total. The maximum atomic E-state index is 13.2. The summed E-state index contributed by atoms with van der Waals surface area (Å²) < 4.78 is 6.82. The standard InChI is InChI=1S/C17H25N5O2/c1-11(2)13-10-15(21(4)19-13)17(23)22-9-7-5-6-8-14(22)16-18-12(3)24-20-16/h10-11,14H,5-9H2,1-4H3/t14-/m0/s1. The molecule has 2 aromatic heterocycles. The molecular weight excluding hydrogens is 306 g/mol. The molecule has 7 nitrogen and oxygen atoms in total. The zero-order valence-corrected chi connectivity index (χ0v) is 14.8. The van der Waals surface area contributed by atoms with Crippen LogP contribution in [-0.4, -0.2) is 37.3 Å². The molecule has 24 heavy (non-hydrogen) atoms. The normalized spacial score (nSPS) is 18.9. The van der Waals surface area contributed by atoms with Gasteiger partial charge in [0, 0.05) is 20.5 Å². The van der Waals surface area contributed by atoms with Crippen LogP contribution >= 0.6 is 0 Å². The van der Waals surface area contributed by atoms with Crippen LogP contribution in [0.2, 0.25) is 0 Å². The number of aryl methyl sites for hydroxylation is 2. The van der Waals surface area contributed by atoms with Gasteiger partial charge in [0.05, 0.1) is 11.7 Å². The maximum absolute atomic E-state index is 13.2. The second-order valence-electron chi connectivity index (χ2n) is 6.77. The second-order valence-corrected chi connectivity index (χ2v) is 6.77. The molecule has 1 fully saturated rings. The van der Waals surface area contributed by atoms with Crippen molar-refractivity contribution in [3.8, 4) is 0 Å². The Kier molecular flexibility index (Phi) is 4.69. The fourth-order valence-electron chi connectivity index (χ4n) is 3.19. The van der Waals surface area contributed by atoms with Crippen molar-refractivity contribution in [1.29, 1.82) is 0 Å². The topological polar surface area (TPSA) is 77.1 Å². The fraction of sp³-hybridized carbons (Fsp3) is 0.647. The quantitative estimate of drug-likeness (QED) is 0.864. The minimum atomic E-state index is -0.130. The average molecular weight is 331 g/mol. The SMILES string of the molecule is Cc1nc([C@@H]2CCCCCN2C(=O)c2cc(C(C)C)nn2C)no1. The summed E-state index contributed by atoms with van der Waals surface area (Å²) in [4.78, 5) is 19.4. The lowest BCUT2D eigenvalue weighted by molar-refractivity contribution is 0.0659. The predicted octanol–water partition coefficient (Wildman–Crippen LogP) is 2.99. The van der Waals surface area contributed by atoms with Crippen LogP contribution in [-0.2, 0) is 7.05 Å². The van der Waals surface area contributed by atoms with Gasteiger partial charge in [-0.25, -0.2) is 0 Å². The largest absolute Gasteiger partial charge is 0.340 e. The maximum Gasteiger partial charge on any atom is 0.272 e. The summed E-state index contributed by atoms with van der Waals surface area (Å²) in [5, 5.41) is 8.53. The van der Waals surface area contributed by atoms with Gasteiger partial charge < -0.3 is 9.42 Å². The van der Waals surface area contributed by atoms with E-state index < -0.39 is 0 Å². The molecule has 1 amide bonds. The summed E-state index contributed by atoms with van der Waals surface area (Å²) in [6, 6.07) is 1.77. The third-order valence-electron chi connectivity index (χ3n) is 4.56. The van der Waals surface area contributed by atoms with E-state index in [2.05, 4.69) is 29.1 Å². The van der Waals surface area contributed by atoms with Crippen LogP contribution in [0.4, 0.5) is 0 Å². The first-order chi connectivity index (χ1) is 11.5. The van der Waals surface area contributed by atoms with Crippen LogP contribution in [0.3, 0.4) is 0 Å². The van der Waals surface area contributed by atoms with Gasteiger partial charge in [0.2, 0.25) is 5.89 Å². The number of amides is 1. The monoisotopic (exact) mass is 331 g/mol. The zero-order valence-electron chi connectivity index (χ0n) is 14.8. The molecule has 3 rings (SSSR count). The summed E-state index contributed by atoms with van der Waals surface area (Å²) >= 11 is 0. The van der Waals surface area contributed by atoms with Crippen molar-refractivity contribution < 1.29 is 9.32 Å². The summed E-state index contributed by atoms with van der Waals surface area (Å²) in [6.07, 6.45) is 4.03. The Hall–Kier alpha value is -2.18. The van der Waals surface area contributed by atoms with E-state index in [4.69, 9.17) is 4.52 Å². The number of hydrogen-bond acceptors (Lipinski definition) is 5. The number of aromatic nitrogens is 4. The van der Waals surface area contributed by atoms with E-state index in [1.165, 1.54) is 0 Å². The van der Waals surface area contributed by atoms with Crippen molar-refractivity contribution in [3.63, 3.8) is 0 Å². The number of rotatable bonds is 3. The third-order valence-corrected chi connectivity index (χ3v) is 4.56. The molecule has 130 valence electrons. The molecule has 0 unspecified atom stereocenters. The smallest absolute Gasteiger partial charge is 0.272 e. The molecule has 0 bridgehead atoms. The Bertz CT molecular complexity index is 718. The van der Waals surface area contributed by atoms with Gasteiger partial charge in [-0.1, -0.05) is 31.8 Å². The molecule has 0 radical (unpaired) electrons. The van der Waals surface area contributed by atoms with Crippen molar-refractivity contribution in [2.24, 2.45) is 7.05 Å². The zero-order chi connectivity index (χ0) is 17.3. The Morgan fingerprint density at radius 1 is 1.33 bits per heavy atom. The molecule has 1 atom stereocenters. The molecule has 2 aromatic rings. The summed E-state index contributed by atoms with van der Waals surface area (Å²) in [5.41, 5.74) is 1.55. The van der Waals surface area contributed by atoms with Crippen LogP contribution in [0.1, 0.15) is 79.4 Å². The lowest BCUT2D eigenvalue weighted by Gasteiger charge is -2.27. The molecule has 0 aliphatic carbocycles. The Morgan fingerprint density at radius 2 is 2.12 bits per heavy atom. The minimum Gasteiger partial charge on any atom is -0.340 e. The number of likely N-dealkylation sites (tertiary alicyclic amines) is 1. The predicted molar refractivity (Wildman–Crippen MR) is 88.6 cm³/mol. The highest BCUT2D eigenvalue weighted by molar-refractivity contribution is 5.93. The van der Waals surface area contributed by atoms with Gasteiger partial charge in [0.15, 0.2) is 5.82 Å². The molecular formula is C17H25N5O2. The van der Waals surface area contributed by atoms with Crippen molar-refractivity contribution >= 4 is 5.91 Å². The van der Waals surface area contributed by atoms with Crippen molar-refractivity contribution in [3.05, 3.63) is 29.2 Å². The van der Waals surface area contributed by atoms with E-state index >= 15 is 0 Å². The van der Waals surface area contributed by atoms with Gasteiger partial charge in [-0.2, -0.15) is 10.1 Å². The highest BCUT2D eigenvalue weighted by atomic mass is 16.5. The molecule has 0 aromatic carbocycles. The van der Waals surface area contributed by atoms with E-state index in [0.717, 1.165) is 31.4 Å². The van der Waals surface area contributed by atoms with Gasteiger partial charge >= 0.3 is 0 Å². The van der Waals surface area contributed by atoms with Gasteiger partial charge in [-0.05, 0) is 24.8 Å². The van der Waals surface area contributed by atoms with Crippen LogP contribution in [0, 0.1) is 6.92 Å². The second kappa shape index (κ2) is 6.75. The molecule has 3 heterocycles. The lowest BCUT2D eigenvalue weighted by atomic mass is 10.1. The first-order valence-electron chi connectivity index (χ1n) is 8.62. The van der Waals surface area contributed by atoms with Crippen LogP contribution in [0.25, 0.3) is 0 Å². The Morgan fingerprint density at radius 3 is 2.75 bits per heavy atom. The highest BCUT2D eigenvalue weighted by Gasteiger charge is 2.32. The van der Waals surface area contributed by atoms with Crippen LogP contribution in [0.5, 0.6) is 0 Å². The van der Waals surface area contributed by atoms with Crippen molar-refractivity contribution in [1.82, 2.24) is 24.8 Å². The first kappa shape index (κ1) is 16.7. The minimum absolute atomic E-state index is 0.00810. The number of hydrogen-bond donors (Lipinski definition) is 0. The first-order valence-corrected chi connectivity index (χ1v) is 8.62.